The van der Waals surface area contributed by atoms with Crippen molar-refractivity contribution in [3.8, 4) is 6.07 Å². The second kappa shape index (κ2) is 5.70. The Kier molecular flexibility index (Phi) is 4.29. The molecule has 90 valence electrons. The van der Waals surface area contributed by atoms with Crippen LogP contribution in [0.15, 0.2) is 16.7 Å². The largest absolute Gasteiger partial charge is 0.478 e. The van der Waals surface area contributed by atoms with Gasteiger partial charge in [-0.05, 0) is 6.92 Å². The van der Waals surface area contributed by atoms with Gasteiger partial charge in [-0.1, -0.05) is 0 Å². The Morgan fingerprint density at radius 3 is 2.76 bits per heavy atom. The zero-order valence-electron chi connectivity index (χ0n) is 9.34. The lowest BCUT2D eigenvalue weighted by molar-refractivity contribution is 0.0694. The first-order valence-corrected chi connectivity index (χ1v) is 5.08. The standard InChI is InChI=1S/C11H12N2O4/c1-2-13(5-3-4-12)10(14)9-6-8(7-17-9)11(15)16/h6-7H,2-3,5H2,1H3,(H,15,16). The van der Waals surface area contributed by atoms with E-state index < -0.39 is 11.9 Å². The third-order valence-corrected chi connectivity index (χ3v) is 2.22. The number of hydrogen-bond donors (Lipinski definition) is 1. The summed E-state index contributed by atoms with van der Waals surface area (Å²) in [7, 11) is 0. The van der Waals surface area contributed by atoms with Crippen LogP contribution >= 0.6 is 0 Å². The molecule has 6 nitrogen and oxygen atoms in total. The minimum absolute atomic E-state index is 0.0258. The Hall–Kier alpha value is -2.29. The average molecular weight is 236 g/mol. The molecule has 0 aromatic carbocycles. The van der Waals surface area contributed by atoms with E-state index in [1.807, 2.05) is 6.07 Å². The lowest BCUT2D eigenvalue weighted by Crippen LogP contribution is -2.31. The third-order valence-electron chi connectivity index (χ3n) is 2.22. The highest BCUT2D eigenvalue weighted by atomic mass is 16.4. The summed E-state index contributed by atoms with van der Waals surface area (Å²) in [5.41, 5.74) is -0.0651. The Morgan fingerprint density at radius 2 is 2.29 bits per heavy atom. The molecule has 0 aliphatic heterocycles. The summed E-state index contributed by atoms with van der Waals surface area (Å²) in [5.74, 6) is -1.58. The molecule has 1 amide bonds. The number of furan rings is 1. The molecule has 0 saturated carbocycles. The summed E-state index contributed by atoms with van der Waals surface area (Å²) in [6, 6.07) is 3.12. The zero-order chi connectivity index (χ0) is 12.8. The maximum absolute atomic E-state index is 11.8. The maximum atomic E-state index is 11.8. The van der Waals surface area contributed by atoms with Crippen LogP contribution in [0.25, 0.3) is 0 Å². The lowest BCUT2D eigenvalue weighted by atomic mass is 10.3. The summed E-state index contributed by atoms with van der Waals surface area (Å²) in [4.78, 5) is 23.9. The molecule has 0 fully saturated rings. The van der Waals surface area contributed by atoms with Crippen molar-refractivity contribution < 1.29 is 19.1 Å². The molecule has 1 aromatic rings. The molecule has 0 saturated heterocycles. The number of carboxylic acids is 1. The van der Waals surface area contributed by atoms with E-state index in [1.54, 1.807) is 6.92 Å². The number of carbonyl (C=O) groups is 2. The molecule has 0 aliphatic carbocycles. The highest BCUT2D eigenvalue weighted by Crippen LogP contribution is 2.11. The van der Waals surface area contributed by atoms with Crippen LogP contribution < -0.4 is 0 Å². The van der Waals surface area contributed by atoms with Crippen LogP contribution in [0.1, 0.15) is 34.3 Å². The number of nitriles is 1. The zero-order valence-corrected chi connectivity index (χ0v) is 9.34. The van der Waals surface area contributed by atoms with Crippen molar-refractivity contribution in [1.29, 1.82) is 5.26 Å². The summed E-state index contributed by atoms with van der Waals surface area (Å²) in [6.07, 6.45) is 1.25. The van der Waals surface area contributed by atoms with Gasteiger partial charge in [-0.25, -0.2) is 4.79 Å². The van der Waals surface area contributed by atoms with E-state index in [4.69, 9.17) is 14.8 Å². The van der Waals surface area contributed by atoms with E-state index >= 15 is 0 Å². The second-order valence-corrected chi connectivity index (χ2v) is 3.30. The number of carbonyl (C=O) groups excluding carboxylic acids is 1. The van der Waals surface area contributed by atoms with Gasteiger partial charge in [0.15, 0.2) is 5.76 Å². The van der Waals surface area contributed by atoms with Crippen LogP contribution in [-0.4, -0.2) is 35.0 Å². The van der Waals surface area contributed by atoms with Gasteiger partial charge in [0.25, 0.3) is 5.91 Å². The number of hydrogen-bond acceptors (Lipinski definition) is 4. The van der Waals surface area contributed by atoms with E-state index in [2.05, 4.69) is 0 Å². The maximum Gasteiger partial charge on any atom is 0.338 e. The molecule has 0 aliphatic rings. The number of nitrogens with zero attached hydrogens (tertiary/aromatic N) is 2. The molecule has 0 radical (unpaired) electrons. The summed E-state index contributed by atoms with van der Waals surface area (Å²) < 4.78 is 4.90. The van der Waals surface area contributed by atoms with Crippen molar-refractivity contribution >= 4 is 11.9 Å². The predicted molar refractivity (Wildman–Crippen MR) is 57.5 cm³/mol. The monoisotopic (exact) mass is 236 g/mol. The van der Waals surface area contributed by atoms with Gasteiger partial charge in [-0.3, -0.25) is 4.79 Å². The first kappa shape index (κ1) is 12.8. The van der Waals surface area contributed by atoms with Crippen LogP contribution in [0, 0.1) is 11.3 Å². The number of rotatable bonds is 5. The van der Waals surface area contributed by atoms with Crippen LogP contribution in [0.3, 0.4) is 0 Å². The third kappa shape index (κ3) is 3.08. The Balaban J connectivity index is 2.79. The topological polar surface area (TPSA) is 94.5 Å². The van der Waals surface area contributed by atoms with Crippen molar-refractivity contribution in [1.82, 2.24) is 4.90 Å². The molecule has 17 heavy (non-hydrogen) atoms. The molecule has 0 spiro atoms. The van der Waals surface area contributed by atoms with Crippen LogP contribution in [-0.2, 0) is 0 Å². The Labute approximate surface area is 98.1 Å². The van der Waals surface area contributed by atoms with E-state index in [9.17, 15) is 9.59 Å². The van der Waals surface area contributed by atoms with Crippen molar-refractivity contribution in [3.63, 3.8) is 0 Å². The Bertz CT molecular complexity index is 458. The van der Waals surface area contributed by atoms with Crippen molar-refractivity contribution in [2.24, 2.45) is 0 Å². The fourth-order valence-electron chi connectivity index (χ4n) is 1.30. The quantitative estimate of drug-likeness (QED) is 0.832. The molecule has 6 heteroatoms. The summed E-state index contributed by atoms with van der Waals surface area (Å²) in [6.45, 7) is 2.51. The lowest BCUT2D eigenvalue weighted by Gasteiger charge is -2.17. The predicted octanol–water partition coefficient (Wildman–Crippen LogP) is 1.35. The molecule has 0 unspecified atom stereocenters. The molecule has 1 N–H and O–H groups in total. The van der Waals surface area contributed by atoms with E-state index in [0.29, 0.717) is 13.1 Å². The molecular weight excluding hydrogens is 224 g/mol. The van der Waals surface area contributed by atoms with Crippen LogP contribution in [0.5, 0.6) is 0 Å². The van der Waals surface area contributed by atoms with Gasteiger partial charge in [-0.2, -0.15) is 5.26 Å². The minimum Gasteiger partial charge on any atom is -0.478 e. The summed E-state index contributed by atoms with van der Waals surface area (Å²) >= 11 is 0. The van der Waals surface area contributed by atoms with Gasteiger partial charge < -0.3 is 14.4 Å². The minimum atomic E-state index is -1.15. The Morgan fingerprint density at radius 1 is 1.59 bits per heavy atom. The molecule has 1 rings (SSSR count). The highest BCUT2D eigenvalue weighted by molar-refractivity contribution is 5.95. The van der Waals surface area contributed by atoms with Crippen molar-refractivity contribution in [2.75, 3.05) is 13.1 Å². The van der Waals surface area contributed by atoms with Crippen molar-refractivity contribution in [3.05, 3.63) is 23.7 Å². The highest BCUT2D eigenvalue weighted by Gasteiger charge is 2.19. The first-order chi connectivity index (χ1) is 8.10. The average Bonchev–Trinajstić information content (AvgIpc) is 2.79. The smallest absolute Gasteiger partial charge is 0.338 e. The van der Waals surface area contributed by atoms with E-state index in [-0.39, 0.29) is 17.7 Å². The molecule has 1 aromatic heterocycles. The summed E-state index contributed by atoms with van der Waals surface area (Å²) in [5, 5.41) is 17.1. The fraction of sp³-hybridized carbons (Fsp3) is 0.364. The number of aromatic carboxylic acids is 1. The van der Waals surface area contributed by atoms with E-state index in [1.165, 1.54) is 11.0 Å². The van der Waals surface area contributed by atoms with Gasteiger partial charge in [0.05, 0.1) is 18.1 Å². The van der Waals surface area contributed by atoms with Gasteiger partial charge in [0, 0.05) is 19.2 Å². The molecule has 0 bridgehead atoms. The molecule has 0 atom stereocenters. The van der Waals surface area contributed by atoms with E-state index in [0.717, 1.165) is 6.26 Å². The molecular formula is C11H12N2O4. The number of carboxylic acid groups (broad SMARTS) is 1. The second-order valence-electron chi connectivity index (χ2n) is 3.30. The van der Waals surface area contributed by atoms with Crippen LogP contribution in [0.4, 0.5) is 0 Å². The fourth-order valence-corrected chi connectivity index (χ4v) is 1.30. The first-order valence-electron chi connectivity index (χ1n) is 5.08. The van der Waals surface area contributed by atoms with Crippen LogP contribution in [0.2, 0.25) is 0 Å². The van der Waals surface area contributed by atoms with Crippen molar-refractivity contribution in [2.45, 2.75) is 13.3 Å². The van der Waals surface area contributed by atoms with Gasteiger partial charge >= 0.3 is 5.97 Å². The normalized spacial score (nSPS) is 9.65. The molecule has 1 heterocycles. The van der Waals surface area contributed by atoms with Gasteiger partial charge in [0.2, 0.25) is 0 Å². The van der Waals surface area contributed by atoms with Gasteiger partial charge in [0.1, 0.15) is 6.26 Å². The van der Waals surface area contributed by atoms with Gasteiger partial charge in [-0.15, -0.1) is 0 Å². The number of amides is 1. The SMILES string of the molecule is CCN(CCC#N)C(=O)c1cc(C(=O)O)co1.